The number of carbonyl (C=O) groups excluding carboxylic acids is 1. The third kappa shape index (κ3) is 3.24. The first-order chi connectivity index (χ1) is 11.6. The lowest BCUT2D eigenvalue weighted by Gasteiger charge is -2.00. The number of hydrazone groups is 1. The van der Waals surface area contributed by atoms with Crippen LogP contribution in [0.4, 0.5) is 5.00 Å². The van der Waals surface area contributed by atoms with E-state index in [-0.39, 0.29) is 5.00 Å². The van der Waals surface area contributed by atoms with Gasteiger partial charge >= 0.3 is 5.00 Å². The van der Waals surface area contributed by atoms with Crippen LogP contribution in [-0.2, 0) is 0 Å². The molecule has 0 aliphatic heterocycles. The molecule has 8 nitrogen and oxygen atoms in total. The molecule has 0 radical (unpaired) electrons. The number of nitro groups is 1. The van der Waals surface area contributed by atoms with Crippen LogP contribution >= 0.6 is 22.7 Å². The van der Waals surface area contributed by atoms with Gasteiger partial charge in [0.25, 0.3) is 5.91 Å². The van der Waals surface area contributed by atoms with Gasteiger partial charge in [-0.3, -0.25) is 20.0 Å². The van der Waals surface area contributed by atoms with E-state index in [1.54, 1.807) is 13.0 Å². The van der Waals surface area contributed by atoms with Crippen molar-refractivity contribution in [2.45, 2.75) is 6.92 Å². The predicted molar refractivity (Wildman–Crippen MR) is 92.7 cm³/mol. The monoisotopic (exact) mass is 361 g/mol. The van der Waals surface area contributed by atoms with Crippen LogP contribution in [0.15, 0.2) is 34.7 Å². The van der Waals surface area contributed by atoms with E-state index in [0.29, 0.717) is 21.8 Å². The lowest BCUT2D eigenvalue weighted by Crippen LogP contribution is -2.18. The molecular formula is C14H11N5O3S2. The average Bonchev–Trinajstić information content (AvgIpc) is 3.26. The Bertz CT molecular complexity index is 911. The Hall–Kier alpha value is -2.85. The van der Waals surface area contributed by atoms with Gasteiger partial charge in [-0.05, 0) is 24.4 Å². The fourth-order valence-corrected chi connectivity index (χ4v) is 3.43. The first kappa shape index (κ1) is 16.0. The number of rotatable bonds is 5. The molecule has 0 fully saturated rings. The summed E-state index contributed by atoms with van der Waals surface area (Å²) in [6, 6.07) is 6.72. The van der Waals surface area contributed by atoms with Crippen molar-refractivity contribution in [3.63, 3.8) is 0 Å². The second kappa shape index (κ2) is 6.72. The van der Waals surface area contributed by atoms with Gasteiger partial charge in [0, 0.05) is 11.8 Å². The van der Waals surface area contributed by atoms with Gasteiger partial charge in [0.05, 0.1) is 26.5 Å². The Balaban J connectivity index is 1.75. The first-order valence-corrected chi connectivity index (χ1v) is 8.42. The quantitative estimate of drug-likeness (QED) is 0.413. The summed E-state index contributed by atoms with van der Waals surface area (Å²) in [5, 5.41) is 23.4. The molecule has 3 aromatic rings. The highest BCUT2D eigenvalue weighted by molar-refractivity contribution is 7.16. The standard InChI is InChI=1S/C14H11N5O3S2/c1-8-12(13(17-16-8)10-3-2-6-23-10)14(20)18-15-7-9-4-5-11(24-9)19(21)22/h2-7H,1H3,(H,16,17)(H,18,20)/b15-7+. The van der Waals surface area contributed by atoms with Crippen LogP contribution in [-0.4, -0.2) is 27.2 Å². The number of nitrogens with one attached hydrogen (secondary N) is 2. The molecular weight excluding hydrogens is 350 g/mol. The van der Waals surface area contributed by atoms with Crippen LogP contribution in [0.1, 0.15) is 20.9 Å². The predicted octanol–water partition coefficient (Wildman–Crippen LogP) is 3.18. The van der Waals surface area contributed by atoms with Crippen LogP contribution in [0, 0.1) is 17.0 Å². The van der Waals surface area contributed by atoms with Crippen molar-refractivity contribution in [2.24, 2.45) is 5.10 Å². The third-order valence-electron chi connectivity index (χ3n) is 3.08. The van der Waals surface area contributed by atoms with E-state index in [4.69, 9.17) is 0 Å². The maximum absolute atomic E-state index is 12.4. The Morgan fingerprint density at radius 2 is 2.29 bits per heavy atom. The summed E-state index contributed by atoms with van der Waals surface area (Å²) in [4.78, 5) is 24.0. The van der Waals surface area contributed by atoms with Crippen molar-refractivity contribution in [1.82, 2.24) is 15.6 Å². The minimum absolute atomic E-state index is 0.0217. The molecule has 10 heteroatoms. The number of thiophene rings is 2. The normalized spacial score (nSPS) is 11.0. The molecule has 0 aliphatic carbocycles. The minimum Gasteiger partial charge on any atom is -0.281 e. The molecule has 0 unspecified atom stereocenters. The van der Waals surface area contributed by atoms with Gasteiger partial charge in [0.1, 0.15) is 5.69 Å². The number of aromatic nitrogens is 2. The molecule has 3 aromatic heterocycles. The minimum atomic E-state index is -0.470. The summed E-state index contributed by atoms with van der Waals surface area (Å²) in [5.41, 5.74) is 4.06. The van der Waals surface area contributed by atoms with Gasteiger partial charge in [-0.2, -0.15) is 10.2 Å². The average molecular weight is 361 g/mol. The van der Waals surface area contributed by atoms with E-state index in [9.17, 15) is 14.9 Å². The lowest BCUT2D eigenvalue weighted by atomic mass is 10.1. The van der Waals surface area contributed by atoms with Crippen LogP contribution in [0.2, 0.25) is 0 Å². The largest absolute Gasteiger partial charge is 0.324 e. The summed E-state index contributed by atoms with van der Waals surface area (Å²) in [7, 11) is 0. The number of aromatic amines is 1. The SMILES string of the molecule is Cc1[nH]nc(-c2cccs2)c1C(=O)N/N=C/c1ccc([N+](=O)[O-])s1. The summed E-state index contributed by atoms with van der Waals surface area (Å²) < 4.78 is 0. The van der Waals surface area contributed by atoms with Crippen LogP contribution in [0.25, 0.3) is 10.6 Å². The molecule has 0 atom stereocenters. The van der Waals surface area contributed by atoms with Gasteiger partial charge < -0.3 is 0 Å². The van der Waals surface area contributed by atoms with Gasteiger partial charge in [0.15, 0.2) is 0 Å². The number of amides is 1. The highest BCUT2D eigenvalue weighted by Crippen LogP contribution is 2.27. The molecule has 2 N–H and O–H groups in total. The van der Waals surface area contributed by atoms with Crippen molar-refractivity contribution in [3.8, 4) is 10.6 Å². The van der Waals surface area contributed by atoms with E-state index >= 15 is 0 Å². The third-order valence-corrected chi connectivity index (χ3v) is 4.93. The molecule has 3 heterocycles. The number of hydrogen-bond donors (Lipinski definition) is 2. The van der Waals surface area contributed by atoms with Gasteiger partial charge in [-0.25, -0.2) is 5.43 Å². The Morgan fingerprint density at radius 3 is 2.96 bits per heavy atom. The van der Waals surface area contributed by atoms with Crippen LogP contribution in [0.5, 0.6) is 0 Å². The molecule has 122 valence electrons. The maximum Gasteiger partial charge on any atom is 0.324 e. The Kier molecular flexibility index (Phi) is 4.49. The number of H-pyrrole nitrogens is 1. The molecule has 0 bridgehead atoms. The van der Waals surface area contributed by atoms with Crippen LogP contribution in [0.3, 0.4) is 0 Å². The molecule has 0 aromatic carbocycles. The molecule has 1 amide bonds. The summed E-state index contributed by atoms with van der Waals surface area (Å²) >= 11 is 2.46. The van der Waals surface area contributed by atoms with E-state index in [1.807, 2.05) is 17.5 Å². The zero-order chi connectivity index (χ0) is 17.1. The summed E-state index contributed by atoms with van der Waals surface area (Å²) in [5.74, 6) is -0.396. The number of carbonyl (C=O) groups is 1. The van der Waals surface area contributed by atoms with E-state index in [1.165, 1.54) is 23.6 Å². The van der Waals surface area contributed by atoms with Crippen LogP contribution < -0.4 is 5.43 Å². The fourth-order valence-electron chi connectivity index (χ4n) is 2.02. The highest BCUT2D eigenvalue weighted by Gasteiger charge is 2.19. The topological polar surface area (TPSA) is 113 Å². The molecule has 0 aliphatic rings. The molecule has 0 spiro atoms. The molecule has 0 saturated heterocycles. The van der Waals surface area contributed by atoms with Crippen molar-refractivity contribution in [1.29, 1.82) is 0 Å². The summed E-state index contributed by atoms with van der Waals surface area (Å²) in [6.07, 6.45) is 1.37. The Morgan fingerprint density at radius 1 is 1.46 bits per heavy atom. The highest BCUT2D eigenvalue weighted by atomic mass is 32.1. The van der Waals surface area contributed by atoms with Gasteiger partial charge in [0.2, 0.25) is 0 Å². The van der Waals surface area contributed by atoms with Gasteiger partial charge in [-0.1, -0.05) is 17.4 Å². The fraction of sp³-hybridized carbons (Fsp3) is 0.0714. The van der Waals surface area contributed by atoms with E-state index in [2.05, 4.69) is 20.7 Å². The summed E-state index contributed by atoms with van der Waals surface area (Å²) in [6.45, 7) is 1.76. The lowest BCUT2D eigenvalue weighted by molar-refractivity contribution is -0.380. The molecule has 3 rings (SSSR count). The van der Waals surface area contributed by atoms with Crippen molar-refractivity contribution < 1.29 is 9.72 Å². The molecule has 0 saturated carbocycles. The van der Waals surface area contributed by atoms with Crippen molar-refractivity contribution >= 4 is 39.8 Å². The number of aryl methyl sites for hydroxylation is 1. The molecule has 24 heavy (non-hydrogen) atoms. The van der Waals surface area contributed by atoms with Gasteiger partial charge in [-0.15, -0.1) is 11.3 Å². The zero-order valence-corrected chi connectivity index (χ0v) is 14.0. The van der Waals surface area contributed by atoms with Crippen molar-refractivity contribution in [3.05, 3.63) is 55.9 Å². The Labute approximate surface area is 144 Å². The van der Waals surface area contributed by atoms with Crippen molar-refractivity contribution in [2.75, 3.05) is 0 Å². The van der Waals surface area contributed by atoms with E-state index in [0.717, 1.165) is 16.2 Å². The smallest absolute Gasteiger partial charge is 0.281 e. The van der Waals surface area contributed by atoms with E-state index < -0.39 is 10.8 Å². The second-order valence-electron chi connectivity index (χ2n) is 4.68. The zero-order valence-electron chi connectivity index (χ0n) is 12.3. The number of hydrogen-bond acceptors (Lipinski definition) is 7. The second-order valence-corrected chi connectivity index (χ2v) is 6.72. The number of nitrogens with zero attached hydrogens (tertiary/aromatic N) is 3. The maximum atomic E-state index is 12.4. The first-order valence-electron chi connectivity index (χ1n) is 6.72.